The standard InChI is InChI=1S/C19H27BrN2O4/c1-19(2,3)18(25)21-11-5-6-16(23)22-15(12-17(24)26-4)13-7-9-14(20)10-8-13/h7-10,15H,5-6,11-12H2,1-4H3,(H,21,25)(H,22,23). The van der Waals surface area contributed by atoms with Crippen LogP contribution in [0.5, 0.6) is 0 Å². The molecule has 144 valence electrons. The monoisotopic (exact) mass is 426 g/mol. The molecule has 7 heteroatoms. The highest BCUT2D eigenvalue weighted by Crippen LogP contribution is 2.20. The van der Waals surface area contributed by atoms with Gasteiger partial charge in [-0.3, -0.25) is 14.4 Å². The normalized spacial score (nSPS) is 12.2. The first-order valence-electron chi connectivity index (χ1n) is 8.53. The van der Waals surface area contributed by atoms with E-state index < -0.39 is 17.4 Å². The number of carbonyl (C=O) groups excluding carboxylic acids is 3. The number of benzene rings is 1. The van der Waals surface area contributed by atoms with Crippen LogP contribution in [0.4, 0.5) is 0 Å². The van der Waals surface area contributed by atoms with Gasteiger partial charge < -0.3 is 15.4 Å². The third-order valence-corrected chi connectivity index (χ3v) is 4.28. The first-order valence-corrected chi connectivity index (χ1v) is 9.32. The van der Waals surface area contributed by atoms with Crippen LogP contribution >= 0.6 is 15.9 Å². The molecule has 0 aliphatic rings. The van der Waals surface area contributed by atoms with Crippen molar-refractivity contribution in [2.75, 3.05) is 13.7 Å². The zero-order valence-corrected chi connectivity index (χ0v) is 17.3. The summed E-state index contributed by atoms with van der Waals surface area (Å²) in [5, 5.41) is 5.68. The van der Waals surface area contributed by atoms with Crippen LogP contribution in [0.25, 0.3) is 0 Å². The Kier molecular flexibility index (Phi) is 8.78. The Hall–Kier alpha value is -1.89. The quantitative estimate of drug-likeness (QED) is 0.493. The first kappa shape index (κ1) is 22.2. The number of carbonyl (C=O) groups is 3. The van der Waals surface area contributed by atoms with Crippen LogP contribution in [-0.2, 0) is 19.1 Å². The number of methoxy groups -OCH3 is 1. The third kappa shape index (κ3) is 7.99. The Bertz CT molecular complexity index is 623. The third-order valence-electron chi connectivity index (χ3n) is 3.75. The number of hydrogen-bond donors (Lipinski definition) is 2. The van der Waals surface area contributed by atoms with Gasteiger partial charge in [0.25, 0.3) is 0 Å². The van der Waals surface area contributed by atoms with Gasteiger partial charge in [0.15, 0.2) is 0 Å². The maximum Gasteiger partial charge on any atom is 0.307 e. The van der Waals surface area contributed by atoms with Gasteiger partial charge in [-0.1, -0.05) is 48.8 Å². The second-order valence-electron chi connectivity index (χ2n) is 7.06. The molecule has 0 saturated carbocycles. The van der Waals surface area contributed by atoms with Crippen LogP contribution in [0, 0.1) is 5.41 Å². The average molecular weight is 427 g/mol. The second kappa shape index (κ2) is 10.3. The molecule has 1 rings (SSSR count). The van der Waals surface area contributed by atoms with Crippen molar-refractivity contribution >= 4 is 33.7 Å². The average Bonchev–Trinajstić information content (AvgIpc) is 2.57. The van der Waals surface area contributed by atoms with Gasteiger partial charge in [0, 0.05) is 22.9 Å². The van der Waals surface area contributed by atoms with Crippen molar-refractivity contribution < 1.29 is 19.1 Å². The molecule has 0 spiro atoms. The molecule has 1 unspecified atom stereocenters. The van der Waals surface area contributed by atoms with E-state index in [0.717, 1.165) is 10.0 Å². The molecule has 0 aliphatic heterocycles. The summed E-state index contributed by atoms with van der Waals surface area (Å²) >= 11 is 3.36. The van der Waals surface area contributed by atoms with Crippen LogP contribution in [0.15, 0.2) is 28.7 Å². The minimum Gasteiger partial charge on any atom is -0.469 e. The van der Waals surface area contributed by atoms with E-state index in [0.29, 0.717) is 13.0 Å². The lowest BCUT2D eigenvalue weighted by molar-refractivity contribution is -0.141. The van der Waals surface area contributed by atoms with Crippen molar-refractivity contribution in [3.63, 3.8) is 0 Å². The highest BCUT2D eigenvalue weighted by Gasteiger charge is 2.21. The highest BCUT2D eigenvalue weighted by molar-refractivity contribution is 9.10. The van der Waals surface area contributed by atoms with Crippen LogP contribution in [0.3, 0.4) is 0 Å². The molecule has 0 radical (unpaired) electrons. The van der Waals surface area contributed by atoms with Gasteiger partial charge in [-0.2, -0.15) is 0 Å². The number of ether oxygens (including phenoxy) is 1. The summed E-state index contributed by atoms with van der Waals surface area (Å²) in [6, 6.07) is 6.96. The van der Waals surface area contributed by atoms with Crippen molar-refractivity contribution in [1.29, 1.82) is 0 Å². The summed E-state index contributed by atoms with van der Waals surface area (Å²) in [5.41, 5.74) is 0.378. The minimum absolute atomic E-state index is 0.0451. The lowest BCUT2D eigenvalue weighted by Crippen LogP contribution is -2.36. The summed E-state index contributed by atoms with van der Waals surface area (Å²) in [5.74, 6) is -0.612. The molecule has 2 N–H and O–H groups in total. The van der Waals surface area contributed by atoms with E-state index in [2.05, 4.69) is 26.6 Å². The Morgan fingerprint density at radius 1 is 1.15 bits per heavy atom. The van der Waals surface area contributed by atoms with Crippen LogP contribution in [0.2, 0.25) is 0 Å². The molecule has 2 amide bonds. The van der Waals surface area contributed by atoms with Gasteiger partial charge in [0.2, 0.25) is 11.8 Å². The van der Waals surface area contributed by atoms with E-state index in [9.17, 15) is 14.4 Å². The summed E-state index contributed by atoms with van der Waals surface area (Å²) in [7, 11) is 1.32. The van der Waals surface area contributed by atoms with Crippen LogP contribution < -0.4 is 10.6 Å². The number of hydrogen-bond acceptors (Lipinski definition) is 4. The molecule has 26 heavy (non-hydrogen) atoms. The van der Waals surface area contributed by atoms with Crippen molar-refractivity contribution in [2.24, 2.45) is 5.41 Å². The number of esters is 1. The first-order chi connectivity index (χ1) is 12.1. The Labute approximate surface area is 163 Å². The molecule has 1 aromatic rings. The SMILES string of the molecule is COC(=O)CC(NC(=O)CCCNC(=O)C(C)(C)C)c1ccc(Br)cc1. The predicted octanol–water partition coefficient (Wildman–Crippen LogP) is 3.11. The van der Waals surface area contributed by atoms with E-state index in [4.69, 9.17) is 4.74 Å². The van der Waals surface area contributed by atoms with Crippen molar-refractivity contribution in [1.82, 2.24) is 10.6 Å². The highest BCUT2D eigenvalue weighted by atomic mass is 79.9. The molecular weight excluding hydrogens is 400 g/mol. The fourth-order valence-corrected chi connectivity index (χ4v) is 2.44. The van der Waals surface area contributed by atoms with Crippen LogP contribution in [-0.4, -0.2) is 31.4 Å². The summed E-state index contributed by atoms with van der Waals surface area (Å²) < 4.78 is 5.63. The molecule has 0 fully saturated rings. The summed E-state index contributed by atoms with van der Waals surface area (Å²) in [6.07, 6.45) is 0.849. The lowest BCUT2D eigenvalue weighted by atomic mass is 9.96. The maximum absolute atomic E-state index is 12.2. The number of rotatable bonds is 8. The largest absolute Gasteiger partial charge is 0.469 e. The van der Waals surface area contributed by atoms with Crippen molar-refractivity contribution in [3.05, 3.63) is 34.3 Å². The van der Waals surface area contributed by atoms with Gasteiger partial charge in [0.1, 0.15) is 0 Å². The van der Waals surface area contributed by atoms with Gasteiger partial charge in [-0.15, -0.1) is 0 Å². The van der Waals surface area contributed by atoms with Crippen LogP contribution in [0.1, 0.15) is 51.6 Å². The molecule has 0 aliphatic carbocycles. The molecule has 6 nitrogen and oxygen atoms in total. The summed E-state index contributed by atoms with van der Waals surface area (Å²) in [6.45, 7) is 5.95. The van der Waals surface area contributed by atoms with Gasteiger partial charge in [-0.05, 0) is 24.1 Å². The van der Waals surface area contributed by atoms with Crippen molar-refractivity contribution in [3.8, 4) is 0 Å². The topological polar surface area (TPSA) is 84.5 Å². The Morgan fingerprint density at radius 3 is 2.31 bits per heavy atom. The Morgan fingerprint density at radius 2 is 1.77 bits per heavy atom. The van der Waals surface area contributed by atoms with Gasteiger partial charge in [-0.25, -0.2) is 0 Å². The molecule has 1 atom stereocenters. The zero-order valence-electron chi connectivity index (χ0n) is 15.7. The van der Waals surface area contributed by atoms with E-state index in [1.54, 1.807) is 0 Å². The van der Waals surface area contributed by atoms with Gasteiger partial charge in [0.05, 0.1) is 19.6 Å². The fourth-order valence-electron chi connectivity index (χ4n) is 2.18. The van der Waals surface area contributed by atoms with E-state index in [1.165, 1.54) is 7.11 Å². The van der Waals surface area contributed by atoms with Gasteiger partial charge >= 0.3 is 5.97 Å². The number of nitrogens with one attached hydrogen (secondary N) is 2. The van der Waals surface area contributed by atoms with E-state index in [1.807, 2.05) is 45.0 Å². The number of amides is 2. The summed E-state index contributed by atoms with van der Waals surface area (Å²) in [4.78, 5) is 35.6. The minimum atomic E-state index is -0.452. The smallest absolute Gasteiger partial charge is 0.307 e. The van der Waals surface area contributed by atoms with E-state index >= 15 is 0 Å². The maximum atomic E-state index is 12.2. The fraction of sp³-hybridized carbons (Fsp3) is 0.526. The Balaban J connectivity index is 2.56. The zero-order chi connectivity index (χ0) is 19.7. The van der Waals surface area contributed by atoms with Crippen molar-refractivity contribution in [2.45, 2.75) is 46.1 Å². The molecular formula is C19H27BrN2O4. The predicted molar refractivity (Wildman–Crippen MR) is 103 cm³/mol. The molecule has 0 heterocycles. The molecule has 1 aromatic carbocycles. The van der Waals surface area contributed by atoms with E-state index in [-0.39, 0.29) is 24.7 Å². The number of halogens is 1. The second-order valence-corrected chi connectivity index (χ2v) is 7.98. The lowest BCUT2D eigenvalue weighted by Gasteiger charge is -2.19. The molecule has 0 aromatic heterocycles. The molecule has 0 saturated heterocycles. The molecule has 0 bridgehead atoms.